The number of hydrogen-bond acceptors (Lipinski definition) is 10. The number of para-hydroxylation sites is 1. The summed E-state index contributed by atoms with van der Waals surface area (Å²) < 4.78 is 16.5. The minimum absolute atomic E-state index is 0.284. The van der Waals surface area contributed by atoms with Gasteiger partial charge in [0.1, 0.15) is 5.82 Å². The van der Waals surface area contributed by atoms with Gasteiger partial charge in [-0.2, -0.15) is 0 Å². The maximum absolute atomic E-state index is 13.3. The number of aromatic nitrogens is 10. The van der Waals surface area contributed by atoms with E-state index < -0.39 is 0 Å². The summed E-state index contributed by atoms with van der Waals surface area (Å²) in [7, 11) is 3.58. The fraction of sp³-hybridized carbons (Fsp3) is 0.0909. The Balaban J connectivity index is 0.000000145. The maximum atomic E-state index is 13.3. The molecule has 0 fully saturated rings. The van der Waals surface area contributed by atoms with E-state index >= 15 is 0 Å². The first-order valence-corrected chi connectivity index (χ1v) is 11.9. The van der Waals surface area contributed by atoms with Gasteiger partial charge in [0.05, 0.1) is 11.0 Å². The quantitative estimate of drug-likeness (QED) is 0.349. The van der Waals surface area contributed by atoms with Gasteiger partial charge in [-0.1, -0.05) is 18.2 Å². The predicted molar refractivity (Wildman–Crippen MR) is 129 cm³/mol. The van der Waals surface area contributed by atoms with Crippen LogP contribution >= 0.6 is 23.5 Å². The average Bonchev–Trinajstić information content (AvgIpc) is 3.47. The Morgan fingerprint density at radius 2 is 1.26 bits per heavy atom. The number of fused-ring (bicyclic) bond motifs is 2. The molecular weight excluding hydrogens is 487 g/mol. The molecule has 0 saturated heterocycles. The van der Waals surface area contributed by atoms with Gasteiger partial charge in [-0.15, -0.1) is 10.2 Å². The molecule has 4 heterocycles. The van der Waals surface area contributed by atoms with Crippen LogP contribution in [-0.4, -0.2) is 50.4 Å². The molecular formula is C22H17FN10S2. The monoisotopic (exact) mass is 504 g/mol. The normalized spacial score (nSPS) is 10.9. The minimum atomic E-state index is -0.284. The number of halogens is 1. The second-order valence-corrected chi connectivity index (χ2v) is 9.19. The molecule has 0 saturated carbocycles. The summed E-state index contributed by atoms with van der Waals surface area (Å²) in [6.45, 7) is 0. The molecule has 0 atom stereocenters. The van der Waals surface area contributed by atoms with Gasteiger partial charge in [0.2, 0.25) is 10.3 Å². The molecule has 0 unspecified atom stereocenters. The Hall–Kier alpha value is -3.97. The van der Waals surface area contributed by atoms with Crippen molar-refractivity contribution in [1.29, 1.82) is 0 Å². The van der Waals surface area contributed by atoms with Gasteiger partial charge in [0.25, 0.3) is 0 Å². The molecule has 4 aromatic heterocycles. The van der Waals surface area contributed by atoms with Crippen molar-refractivity contribution in [3.63, 3.8) is 0 Å². The summed E-state index contributed by atoms with van der Waals surface area (Å²) in [6.07, 6.45) is 3.49. The molecule has 0 aliphatic heterocycles. The van der Waals surface area contributed by atoms with Crippen LogP contribution in [0, 0.1) is 5.82 Å². The third-order valence-electron chi connectivity index (χ3n) is 4.84. The minimum Gasteiger partial charge on any atom is -0.256 e. The van der Waals surface area contributed by atoms with Crippen molar-refractivity contribution in [1.82, 2.24) is 50.4 Å². The Morgan fingerprint density at radius 1 is 0.686 bits per heavy atom. The lowest BCUT2D eigenvalue weighted by Crippen LogP contribution is -1.93. The van der Waals surface area contributed by atoms with Crippen LogP contribution in [0.1, 0.15) is 0 Å². The summed E-state index contributed by atoms with van der Waals surface area (Å²) in [5.74, 6) is -0.284. The van der Waals surface area contributed by atoms with Crippen LogP contribution in [0.2, 0.25) is 0 Å². The highest BCUT2D eigenvalue weighted by molar-refractivity contribution is 7.99. The topological polar surface area (TPSA) is 113 Å². The molecule has 13 heteroatoms. The zero-order valence-electron chi connectivity index (χ0n) is 18.5. The molecule has 0 aliphatic rings. The van der Waals surface area contributed by atoms with Crippen molar-refractivity contribution in [3.8, 4) is 0 Å². The fourth-order valence-corrected chi connectivity index (χ4v) is 4.85. The number of rotatable bonds is 4. The first-order chi connectivity index (χ1) is 17.1. The van der Waals surface area contributed by atoms with Gasteiger partial charge in [0.15, 0.2) is 0 Å². The first kappa shape index (κ1) is 22.8. The lowest BCUT2D eigenvalue weighted by Gasteiger charge is -2.04. The zero-order chi connectivity index (χ0) is 24.2. The summed E-state index contributed by atoms with van der Waals surface area (Å²) >= 11 is 2.92. The summed E-state index contributed by atoms with van der Waals surface area (Å²) in [5, 5.41) is 25.9. The van der Waals surface area contributed by atoms with Crippen LogP contribution < -0.4 is 0 Å². The SMILES string of the molecule is Cn1nnnc1Sc1ccnc2ccc(F)cc12.Cn1nnnc1Sc1ccnc2ccccc12. The van der Waals surface area contributed by atoms with Crippen molar-refractivity contribution in [2.75, 3.05) is 0 Å². The zero-order valence-corrected chi connectivity index (χ0v) is 20.2. The van der Waals surface area contributed by atoms with E-state index in [0.717, 1.165) is 36.8 Å². The van der Waals surface area contributed by atoms with Gasteiger partial charge >= 0.3 is 0 Å². The second kappa shape index (κ2) is 10.1. The van der Waals surface area contributed by atoms with E-state index in [0.29, 0.717) is 5.16 Å². The molecule has 10 nitrogen and oxygen atoms in total. The Kier molecular flexibility index (Phi) is 6.59. The summed E-state index contributed by atoms with van der Waals surface area (Å²) in [6, 6.07) is 16.3. The van der Waals surface area contributed by atoms with Crippen LogP contribution in [0.3, 0.4) is 0 Å². The van der Waals surface area contributed by atoms with E-state index in [4.69, 9.17) is 0 Å². The Bertz CT molecular complexity index is 1610. The molecule has 0 aliphatic carbocycles. The molecule has 35 heavy (non-hydrogen) atoms. The number of aryl methyl sites for hydroxylation is 2. The molecule has 0 radical (unpaired) electrons. The van der Waals surface area contributed by atoms with E-state index in [1.54, 1.807) is 34.9 Å². The predicted octanol–water partition coefficient (Wildman–Crippen LogP) is 3.96. The fourth-order valence-electron chi connectivity index (χ4n) is 3.15. The summed E-state index contributed by atoms with van der Waals surface area (Å²) in [5.41, 5.74) is 1.73. The standard InChI is InChI=1S/C11H8FN5S.C11H9N5S/c1-17-11(14-15-16-17)18-10-4-5-13-9-3-2-7(12)6-8(9)10;1-16-11(13-14-15-16)17-10-6-7-12-9-5-3-2-4-8(9)10/h2-6H,1H3;2-7H,1H3. The number of tetrazole rings is 2. The van der Waals surface area contributed by atoms with Crippen LogP contribution in [0.25, 0.3) is 21.8 Å². The first-order valence-electron chi connectivity index (χ1n) is 10.3. The molecule has 0 N–H and O–H groups in total. The third-order valence-corrected chi connectivity index (χ3v) is 7.05. The molecule has 6 aromatic rings. The Morgan fingerprint density at radius 3 is 1.86 bits per heavy atom. The van der Waals surface area contributed by atoms with E-state index in [1.807, 2.05) is 37.4 Å². The van der Waals surface area contributed by atoms with Crippen molar-refractivity contribution >= 4 is 45.3 Å². The molecule has 0 amide bonds. The van der Waals surface area contributed by atoms with Crippen molar-refractivity contribution < 1.29 is 4.39 Å². The van der Waals surface area contributed by atoms with Crippen LogP contribution in [-0.2, 0) is 14.1 Å². The van der Waals surface area contributed by atoms with Crippen molar-refractivity contribution in [3.05, 3.63) is 72.8 Å². The van der Waals surface area contributed by atoms with Crippen LogP contribution in [0.5, 0.6) is 0 Å². The molecule has 0 bridgehead atoms. The highest BCUT2D eigenvalue weighted by Gasteiger charge is 2.10. The van der Waals surface area contributed by atoms with Crippen molar-refractivity contribution in [2.24, 2.45) is 14.1 Å². The highest BCUT2D eigenvalue weighted by Crippen LogP contribution is 2.32. The van der Waals surface area contributed by atoms with E-state index in [1.165, 1.54) is 35.7 Å². The van der Waals surface area contributed by atoms with Crippen molar-refractivity contribution in [2.45, 2.75) is 20.1 Å². The van der Waals surface area contributed by atoms with Crippen LogP contribution in [0.4, 0.5) is 4.39 Å². The second-order valence-electron chi connectivity index (χ2n) is 7.17. The van der Waals surface area contributed by atoms with E-state index in [2.05, 4.69) is 47.1 Å². The smallest absolute Gasteiger partial charge is 0.213 e. The van der Waals surface area contributed by atoms with Gasteiger partial charge in [-0.3, -0.25) is 9.97 Å². The number of benzene rings is 2. The maximum Gasteiger partial charge on any atom is 0.213 e. The van der Waals surface area contributed by atoms with Gasteiger partial charge in [-0.05, 0) is 80.8 Å². The van der Waals surface area contributed by atoms with Gasteiger partial charge in [0, 0.05) is 47.1 Å². The molecule has 0 spiro atoms. The molecule has 2 aromatic carbocycles. The lowest BCUT2D eigenvalue weighted by atomic mass is 10.2. The van der Waals surface area contributed by atoms with E-state index in [9.17, 15) is 4.39 Å². The molecule has 174 valence electrons. The summed E-state index contributed by atoms with van der Waals surface area (Å²) in [4.78, 5) is 10.5. The average molecular weight is 505 g/mol. The number of hydrogen-bond donors (Lipinski definition) is 0. The molecule has 6 rings (SSSR count). The third kappa shape index (κ3) is 5.10. The number of nitrogens with zero attached hydrogens (tertiary/aromatic N) is 10. The number of pyridine rings is 2. The lowest BCUT2D eigenvalue weighted by molar-refractivity contribution is 0.629. The Labute approximate surface area is 207 Å². The van der Waals surface area contributed by atoms with E-state index in [-0.39, 0.29) is 5.82 Å². The van der Waals surface area contributed by atoms with Gasteiger partial charge < -0.3 is 0 Å². The van der Waals surface area contributed by atoms with Crippen LogP contribution in [0.15, 0.2) is 87.1 Å². The largest absolute Gasteiger partial charge is 0.256 e. The highest BCUT2D eigenvalue weighted by atomic mass is 32.2. The van der Waals surface area contributed by atoms with Gasteiger partial charge in [-0.25, -0.2) is 13.8 Å².